The summed E-state index contributed by atoms with van der Waals surface area (Å²) in [4.78, 5) is 14.7. The Balaban J connectivity index is 1.60. The van der Waals surface area contributed by atoms with Gasteiger partial charge in [0.2, 0.25) is 0 Å². The van der Waals surface area contributed by atoms with E-state index in [9.17, 15) is 9.18 Å². The van der Waals surface area contributed by atoms with Crippen LogP contribution in [0.1, 0.15) is 24.4 Å². The summed E-state index contributed by atoms with van der Waals surface area (Å²) < 4.78 is 24.5. The maximum absolute atomic E-state index is 13.1. The Hall–Kier alpha value is -2.12. The average molecular weight is 451 g/mol. The van der Waals surface area contributed by atoms with Gasteiger partial charge < -0.3 is 14.8 Å². The molecular weight excluding hydrogens is 427 g/mol. The minimum absolute atomic E-state index is 0.0825. The van der Waals surface area contributed by atoms with Crippen LogP contribution >= 0.6 is 15.9 Å². The van der Waals surface area contributed by atoms with Crippen LogP contribution in [-0.2, 0) is 4.79 Å². The summed E-state index contributed by atoms with van der Waals surface area (Å²) >= 11 is 3.23. The van der Waals surface area contributed by atoms with Crippen LogP contribution in [0.4, 0.5) is 4.39 Å². The molecule has 0 spiro atoms. The average Bonchev–Trinajstić information content (AvgIpc) is 3.22. The Morgan fingerprint density at radius 1 is 1.25 bits per heavy atom. The molecular formula is C21H24BrFN2O3. The summed E-state index contributed by atoms with van der Waals surface area (Å²) in [6.07, 6.45) is 2.33. The zero-order valence-corrected chi connectivity index (χ0v) is 17.4. The molecule has 1 fully saturated rings. The first-order valence-electron chi connectivity index (χ1n) is 9.29. The van der Waals surface area contributed by atoms with Crippen LogP contribution in [0.5, 0.6) is 11.5 Å². The van der Waals surface area contributed by atoms with Crippen LogP contribution in [0.15, 0.2) is 46.9 Å². The van der Waals surface area contributed by atoms with Gasteiger partial charge in [-0.05, 0) is 77.8 Å². The fourth-order valence-electron chi connectivity index (χ4n) is 3.36. The van der Waals surface area contributed by atoms with Gasteiger partial charge in [0.25, 0.3) is 5.91 Å². The smallest absolute Gasteiger partial charge is 0.258 e. The Morgan fingerprint density at radius 3 is 2.75 bits per heavy atom. The number of hydrogen-bond acceptors (Lipinski definition) is 4. The van der Waals surface area contributed by atoms with Gasteiger partial charge in [-0.25, -0.2) is 4.39 Å². The monoisotopic (exact) mass is 450 g/mol. The Bertz CT molecular complexity index is 812. The predicted molar refractivity (Wildman–Crippen MR) is 109 cm³/mol. The van der Waals surface area contributed by atoms with Gasteiger partial charge in [-0.15, -0.1) is 0 Å². The van der Waals surface area contributed by atoms with Crippen molar-refractivity contribution in [2.24, 2.45) is 0 Å². The van der Waals surface area contributed by atoms with E-state index in [0.29, 0.717) is 16.8 Å². The molecule has 1 aliphatic heterocycles. The first-order chi connectivity index (χ1) is 13.6. The summed E-state index contributed by atoms with van der Waals surface area (Å²) in [7, 11) is 1.65. The predicted octanol–water partition coefficient (Wildman–Crippen LogP) is 3.93. The Labute approximate surface area is 172 Å². The summed E-state index contributed by atoms with van der Waals surface area (Å²) in [5.74, 6) is 0.650. The lowest BCUT2D eigenvalue weighted by Gasteiger charge is -2.28. The second kappa shape index (κ2) is 9.89. The maximum Gasteiger partial charge on any atom is 0.258 e. The topological polar surface area (TPSA) is 50.8 Å². The number of halogens is 2. The van der Waals surface area contributed by atoms with Crippen LogP contribution in [-0.4, -0.2) is 44.2 Å². The highest BCUT2D eigenvalue weighted by atomic mass is 79.9. The summed E-state index contributed by atoms with van der Waals surface area (Å²) in [5, 5.41) is 2.96. The first-order valence-corrected chi connectivity index (χ1v) is 10.1. The molecule has 1 heterocycles. The SMILES string of the molecule is COc1cccc([C@H](CNC(=O)COc2ccc(F)cc2Br)N2CCCC2)c1. The number of nitrogens with zero attached hydrogens (tertiary/aromatic N) is 1. The summed E-state index contributed by atoms with van der Waals surface area (Å²) in [6.45, 7) is 2.38. The quantitative estimate of drug-likeness (QED) is 0.661. The number of hydrogen-bond donors (Lipinski definition) is 1. The molecule has 3 rings (SSSR count). The lowest BCUT2D eigenvalue weighted by Crippen LogP contribution is -2.38. The molecule has 28 heavy (non-hydrogen) atoms. The molecule has 0 bridgehead atoms. The molecule has 0 aromatic heterocycles. The highest BCUT2D eigenvalue weighted by Gasteiger charge is 2.24. The van der Waals surface area contributed by atoms with Crippen LogP contribution in [0.25, 0.3) is 0 Å². The fourth-order valence-corrected chi connectivity index (χ4v) is 3.82. The Kier molecular flexibility index (Phi) is 7.28. The number of methoxy groups -OCH3 is 1. The van der Waals surface area contributed by atoms with E-state index in [1.807, 2.05) is 18.2 Å². The molecule has 5 nitrogen and oxygen atoms in total. The second-order valence-corrected chi connectivity index (χ2v) is 7.56. The first kappa shape index (κ1) is 20.6. The number of ether oxygens (including phenoxy) is 2. The van der Waals surface area contributed by atoms with Crippen molar-refractivity contribution in [3.63, 3.8) is 0 Å². The molecule has 0 aliphatic carbocycles. The third kappa shape index (κ3) is 5.45. The molecule has 1 aliphatic rings. The molecule has 2 aromatic rings. The minimum atomic E-state index is -0.365. The molecule has 7 heteroatoms. The lowest BCUT2D eigenvalue weighted by molar-refractivity contribution is -0.123. The molecule has 1 N–H and O–H groups in total. The van der Waals surface area contributed by atoms with Crippen LogP contribution in [0.3, 0.4) is 0 Å². The van der Waals surface area contributed by atoms with Crippen LogP contribution in [0, 0.1) is 5.82 Å². The fraction of sp³-hybridized carbons (Fsp3) is 0.381. The minimum Gasteiger partial charge on any atom is -0.497 e. The van der Waals surface area contributed by atoms with E-state index in [4.69, 9.17) is 9.47 Å². The highest BCUT2D eigenvalue weighted by molar-refractivity contribution is 9.10. The van der Waals surface area contributed by atoms with E-state index < -0.39 is 0 Å². The molecule has 1 amide bonds. The van der Waals surface area contributed by atoms with Crippen molar-refractivity contribution in [1.82, 2.24) is 10.2 Å². The lowest BCUT2D eigenvalue weighted by atomic mass is 10.0. The number of carbonyl (C=O) groups is 1. The number of nitrogens with one attached hydrogen (secondary N) is 1. The van der Waals surface area contributed by atoms with Crippen LogP contribution < -0.4 is 14.8 Å². The number of amides is 1. The molecule has 1 atom stereocenters. The van der Waals surface area contributed by atoms with Gasteiger partial charge in [0.05, 0.1) is 17.6 Å². The van der Waals surface area contributed by atoms with Crippen LogP contribution in [0.2, 0.25) is 0 Å². The summed E-state index contributed by atoms with van der Waals surface area (Å²) in [5.41, 5.74) is 1.11. The standard InChI is InChI=1S/C21H24BrFN2O3/c1-27-17-6-4-5-15(11-17)19(25-9-2-3-10-25)13-24-21(26)14-28-20-8-7-16(23)12-18(20)22/h4-8,11-12,19H,2-3,9-10,13-14H2,1H3,(H,24,26)/t19-/m0/s1. The molecule has 2 aromatic carbocycles. The van der Waals surface area contributed by atoms with Crippen molar-refractivity contribution >= 4 is 21.8 Å². The van der Waals surface area contributed by atoms with Crippen molar-refractivity contribution in [2.45, 2.75) is 18.9 Å². The van der Waals surface area contributed by atoms with Gasteiger partial charge in [0.1, 0.15) is 17.3 Å². The molecule has 0 radical (unpaired) electrons. The van der Waals surface area contributed by atoms with E-state index in [1.165, 1.54) is 18.2 Å². The third-order valence-electron chi connectivity index (χ3n) is 4.81. The zero-order chi connectivity index (χ0) is 19.9. The van der Waals surface area contributed by atoms with Crippen molar-refractivity contribution in [3.05, 3.63) is 58.3 Å². The van der Waals surface area contributed by atoms with Gasteiger partial charge in [-0.2, -0.15) is 0 Å². The van der Waals surface area contributed by atoms with Gasteiger partial charge in [-0.3, -0.25) is 9.69 Å². The van der Waals surface area contributed by atoms with Gasteiger partial charge in [-0.1, -0.05) is 12.1 Å². The van der Waals surface area contributed by atoms with Gasteiger partial charge in [0.15, 0.2) is 6.61 Å². The Morgan fingerprint density at radius 2 is 2.04 bits per heavy atom. The number of benzene rings is 2. The van der Waals surface area contributed by atoms with E-state index in [1.54, 1.807) is 7.11 Å². The van der Waals surface area contributed by atoms with E-state index in [-0.39, 0.29) is 24.4 Å². The number of likely N-dealkylation sites (tertiary alicyclic amines) is 1. The molecule has 150 valence electrons. The highest BCUT2D eigenvalue weighted by Crippen LogP contribution is 2.27. The summed E-state index contributed by atoms with van der Waals surface area (Å²) in [6, 6.07) is 12.1. The van der Waals surface area contributed by atoms with Crippen molar-refractivity contribution in [2.75, 3.05) is 33.4 Å². The van der Waals surface area contributed by atoms with Gasteiger partial charge >= 0.3 is 0 Å². The van der Waals surface area contributed by atoms with E-state index in [0.717, 1.165) is 37.2 Å². The molecule has 0 saturated carbocycles. The van der Waals surface area contributed by atoms with Crippen molar-refractivity contribution in [3.8, 4) is 11.5 Å². The van der Waals surface area contributed by atoms with Gasteiger partial charge in [0, 0.05) is 6.54 Å². The zero-order valence-electron chi connectivity index (χ0n) is 15.8. The second-order valence-electron chi connectivity index (χ2n) is 6.70. The normalized spacial score (nSPS) is 15.2. The van der Waals surface area contributed by atoms with Crippen molar-refractivity contribution in [1.29, 1.82) is 0 Å². The third-order valence-corrected chi connectivity index (χ3v) is 5.42. The molecule has 0 unspecified atom stereocenters. The van der Waals surface area contributed by atoms with E-state index in [2.05, 4.69) is 32.2 Å². The largest absolute Gasteiger partial charge is 0.497 e. The van der Waals surface area contributed by atoms with E-state index >= 15 is 0 Å². The van der Waals surface area contributed by atoms with Crippen molar-refractivity contribution < 1.29 is 18.7 Å². The number of carbonyl (C=O) groups excluding carboxylic acids is 1. The number of rotatable bonds is 8. The molecule has 1 saturated heterocycles. The maximum atomic E-state index is 13.1.